The molecule has 3 fully saturated rings. The molecule has 1 aromatic heterocycles. The van der Waals surface area contributed by atoms with E-state index in [4.69, 9.17) is 9.47 Å². The predicted octanol–water partition coefficient (Wildman–Crippen LogP) is 4.02. The van der Waals surface area contributed by atoms with E-state index < -0.39 is 29.7 Å². The van der Waals surface area contributed by atoms with Crippen LogP contribution in [0.5, 0.6) is 5.75 Å². The van der Waals surface area contributed by atoms with Crippen molar-refractivity contribution >= 4 is 69.4 Å². The number of piperazine rings is 1. The van der Waals surface area contributed by atoms with Crippen LogP contribution in [-0.2, 0) is 41.7 Å². The first-order valence-corrected chi connectivity index (χ1v) is 24.3. The third kappa shape index (κ3) is 10.2. The van der Waals surface area contributed by atoms with Crippen LogP contribution in [-0.4, -0.2) is 149 Å². The van der Waals surface area contributed by atoms with E-state index in [1.54, 1.807) is 28.1 Å². The second kappa shape index (κ2) is 20.5. The van der Waals surface area contributed by atoms with Crippen LogP contribution in [0.1, 0.15) is 69.1 Å². The summed E-state index contributed by atoms with van der Waals surface area (Å²) >= 11 is 2.78. The summed E-state index contributed by atoms with van der Waals surface area (Å²) in [7, 11) is 0. The number of ether oxygens (including phenoxy) is 2. The molecule has 5 aliphatic rings. The summed E-state index contributed by atoms with van der Waals surface area (Å²) in [5.41, 5.74) is 3.55. The van der Waals surface area contributed by atoms with Crippen molar-refractivity contribution in [2.75, 3.05) is 81.7 Å². The zero-order chi connectivity index (χ0) is 46.6. The van der Waals surface area contributed by atoms with Gasteiger partial charge in [0.2, 0.25) is 17.7 Å². The molecule has 352 valence electrons. The molecule has 9 rings (SSSR count). The summed E-state index contributed by atoms with van der Waals surface area (Å²) in [6.45, 7) is 5.84. The van der Waals surface area contributed by atoms with Gasteiger partial charge >= 0.3 is 0 Å². The standard InChI is InChI=1S/C47H51FN8O9S2/c48-30-5-8-38(57)35(24-30)42(44(61)51-47-49-12-22-67-47)56-26-29-4-6-32(25-34(29)46(56)63)52-13-10-31(11-14-52)53-15-17-54(18-16-53)41(59)28-65-20-19-64-21-23-66-39-3-1-2-33-36(39)27-55(45(33)62)37-7-9-40(58)50-43(37)60/h1-6,8,12,22,24-25,31,37,42,57H,7,9-11,13-21,23,26-28H2,(H,49,51,61)(H,50,58,60). The van der Waals surface area contributed by atoms with Gasteiger partial charge in [-0.3, -0.25) is 44.3 Å². The van der Waals surface area contributed by atoms with Crippen molar-refractivity contribution < 1.29 is 47.7 Å². The monoisotopic (exact) mass is 954 g/mol. The van der Waals surface area contributed by atoms with E-state index in [1.165, 1.54) is 28.5 Å². The molecular formula is C47H51FN8O9S2. The summed E-state index contributed by atoms with van der Waals surface area (Å²) in [6, 6.07) is 13.1. The maximum Gasteiger partial charge on any atom is 0.255 e. The lowest BCUT2D eigenvalue weighted by molar-refractivity contribution is -0.139. The molecule has 4 aromatic rings. The lowest BCUT2D eigenvalue weighted by Gasteiger charge is -2.43. The third-order valence-electron chi connectivity index (χ3n) is 13.1. The Hall–Kier alpha value is -5.93. The van der Waals surface area contributed by atoms with Gasteiger partial charge in [0.1, 0.15) is 30.3 Å². The number of aromatic nitrogens is 1. The molecule has 6 amide bonds. The molecule has 2 atom stereocenters. The lowest BCUT2D eigenvalue weighted by atomic mass is 10.0. The SMILES string of the molecule is O=C1CCC(N2Cc3c(SCCOCCOCC(=O)N4CCN(C5CCN(c6ccc7c(c6)C(=O)N(C(C(=O)Nc6nccs6)c6cc(F)ccc6O)C7)CC5)CC4)cccc3C2=O)C(=O)N1. The van der Waals surface area contributed by atoms with Crippen molar-refractivity contribution in [3.05, 3.63) is 99.8 Å². The molecule has 2 unspecified atom stereocenters. The molecule has 0 radical (unpaired) electrons. The summed E-state index contributed by atoms with van der Waals surface area (Å²) in [6.07, 6.45) is 3.90. The number of hydrogen-bond donors (Lipinski definition) is 3. The zero-order valence-electron chi connectivity index (χ0n) is 36.7. The molecule has 3 N–H and O–H groups in total. The number of carbonyl (C=O) groups excluding carboxylic acids is 6. The van der Waals surface area contributed by atoms with Crippen LogP contribution in [0.25, 0.3) is 0 Å². The predicted molar refractivity (Wildman–Crippen MR) is 246 cm³/mol. The number of amides is 6. The van der Waals surface area contributed by atoms with Crippen molar-refractivity contribution in [1.29, 1.82) is 0 Å². The van der Waals surface area contributed by atoms with Gasteiger partial charge in [-0.2, -0.15) is 0 Å². The number of nitrogens with one attached hydrogen (secondary N) is 2. The average molecular weight is 955 g/mol. The minimum Gasteiger partial charge on any atom is -0.508 e. The topological polar surface area (TPSA) is 194 Å². The van der Waals surface area contributed by atoms with Crippen LogP contribution in [0.2, 0.25) is 0 Å². The summed E-state index contributed by atoms with van der Waals surface area (Å²) in [5.74, 6) is -2.28. The first kappa shape index (κ1) is 46.2. The Morgan fingerprint density at radius 3 is 2.49 bits per heavy atom. The van der Waals surface area contributed by atoms with Gasteiger partial charge < -0.3 is 34.2 Å². The number of imide groups is 1. The number of phenols is 1. The van der Waals surface area contributed by atoms with E-state index in [1.807, 2.05) is 35.2 Å². The Kier molecular flexibility index (Phi) is 14.1. The fourth-order valence-corrected chi connectivity index (χ4v) is 11.0. The van der Waals surface area contributed by atoms with Crippen molar-refractivity contribution in [3.8, 4) is 5.75 Å². The molecule has 5 aliphatic heterocycles. The van der Waals surface area contributed by atoms with E-state index in [2.05, 4.69) is 25.4 Å². The van der Waals surface area contributed by atoms with E-state index in [9.17, 15) is 38.3 Å². The number of fused-ring (bicyclic) bond motifs is 2. The summed E-state index contributed by atoms with van der Waals surface area (Å²) in [4.78, 5) is 92.3. The highest BCUT2D eigenvalue weighted by molar-refractivity contribution is 7.99. The van der Waals surface area contributed by atoms with Crippen LogP contribution in [0.4, 0.5) is 15.2 Å². The molecule has 6 heterocycles. The highest BCUT2D eigenvalue weighted by Crippen LogP contribution is 2.39. The molecule has 67 heavy (non-hydrogen) atoms. The fraction of sp³-hybridized carbons (Fsp3) is 0.426. The van der Waals surface area contributed by atoms with Gasteiger partial charge in [0.25, 0.3) is 17.7 Å². The normalized spacial score (nSPS) is 19.4. The first-order valence-electron chi connectivity index (χ1n) is 22.5. The summed E-state index contributed by atoms with van der Waals surface area (Å²) in [5, 5.41) is 17.8. The molecule has 0 spiro atoms. The van der Waals surface area contributed by atoms with Crippen LogP contribution in [0, 0.1) is 5.82 Å². The first-order chi connectivity index (χ1) is 32.5. The maximum atomic E-state index is 14.4. The number of nitrogens with zero attached hydrogens (tertiary/aromatic N) is 6. The Morgan fingerprint density at radius 1 is 0.910 bits per heavy atom. The Morgan fingerprint density at radius 2 is 1.72 bits per heavy atom. The van der Waals surface area contributed by atoms with E-state index in [0.717, 1.165) is 72.9 Å². The number of carbonyl (C=O) groups is 6. The Bertz CT molecular complexity index is 2530. The largest absolute Gasteiger partial charge is 0.508 e. The smallest absolute Gasteiger partial charge is 0.255 e. The van der Waals surface area contributed by atoms with Crippen molar-refractivity contribution in [3.63, 3.8) is 0 Å². The minimum absolute atomic E-state index is 0.0145. The average Bonchev–Trinajstić information content (AvgIpc) is 4.06. The molecule has 17 nitrogen and oxygen atoms in total. The number of hydrogen-bond acceptors (Lipinski definition) is 14. The molecule has 0 bridgehead atoms. The Labute approximate surface area is 394 Å². The van der Waals surface area contributed by atoms with Crippen LogP contribution < -0.4 is 15.5 Å². The van der Waals surface area contributed by atoms with E-state index >= 15 is 0 Å². The molecule has 20 heteroatoms. The number of piperidine rings is 2. The second-order valence-corrected chi connectivity index (χ2v) is 19.1. The van der Waals surface area contributed by atoms with Gasteiger partial charge in [0.05, 0.1) is 19.8 Å². The number of thioether (sulfide) groups is 1. The third-order valence-corrected chi connectivity index (χ3v) is 14.8. The van der Waals surface area contributed by atoms with E-state index in [-0.39, 0.29) is 61.1 Å². The van der Waals surface area contributed by atoms with E-state index in [0.29, 0.717) is 67.3 Å². The zero-order valence-corrected chi connectivity index (χ0v) is 38.3. The van der Waals surface area contributed by atoms with Gasteiger partial charge in [-0.25, -0.2) is 9.37 Å². The number of aromatic hydroxyl groups is 1. The van der Waals surface area contributed by atoms with Crippen LogP contribution >= 0.6 is 23.1 Å². The molecule has 0 aliphatic carbocycles. The summed E-state index contributed by atoms with van der Waals surface area (Å²) < 4.78 is 25.9. The van der Waals surface area contributed by atoms with Gasteiger partial charge in [0.15, 0.2) is 5.13 Å². The molecular weight excluding hydrogens is 904 g/mol. The van der Waals surface area contributed by atoms with Crippen molar-refractivity contribution in [1.82, 2.24) is 29.9 Å². The van der Waals surface area contributed by atoms with Crippen LogP contribution in [0.3, 0.4) is 0 Å². The molecule has 3 saturated heterocycles. The highest BCUT2D eigenvalue weighted by Gasteiger charge is 2.41. The van der Waals surface area contributed by atoms with Crippen LogP contribution in [0.15, 0.2) is 71.1 Å². The molecule has 0 saturated carbocycles. The minimum atomic E-state index is -1.30. The Balaban J connectivity index is 0.677. The quantitative estimate of drug-likeness (QED) is 0.0830. The van der Waals surface area contributed by atoms with Crippen molar-refractivity contribution in [2.45, 2.75) is 61.8 Å². The number of benzene rings is 3. The van der Waals surface area contributed by atoms with Crippen molar-refractivity contribution in [2.24, 2.45) is 0 Å². The number of anilines is 2. The fourth-order valence-electron chi connectivity index (χ4n) is 9.57. The number of rotatable bonds is 16. The second-order valence-electron chi connectivity index (χ2n) is 17.0. The lowest BCUT2D eigenvalue weighted by Crippen LogP contribution is -2.54. The number of thiazole rings is 1. The van der Waals surface area contributed by atoms with Gasteiger partial charge in [-0.1, -0.05) is 12.1 Å². The molecule has 3 aromatic carbocycles. The number of halogens is 1. The van der Waals surface area contributed by atoms with Gasteiger partial charge in [0, 0.05) is 109 Å². The maximum absolute atomic E-state index is 14.4. The number of phenolic OH excluding ortho intramolecular Hbond substituents is 1. The highest BCUT2D eigenvalue weighted by atomic mass is 32.2. The van der Waals surface area contributed by atoms with Gasteiger partial charge in [-0.05, 0) is 72.9 Å². The van der Waals surface area contributed by atoms with Gasteiger partial charge in [-0.15, -0.1) is 23.1 Å².